The standard InChI is InChI=1S/C23H18ClF3N2O4/c1-32-19-12-18(28)17(24)11-16(19)22(31)33-20(13-6-3-2-4-7-13)21(30)29-15-9-5-8-14(10-15)23(25,26)27/h2-12,20H,28H2,1H3,(H,29,30). The van der Waals surface area contributed by atoms with E-state index < -0.39 is 29.7 Å². The number of esters is 1. The number of ether oxygens (including phenoxy) is 2. The molecule has 6 nitrogen and oxygen atoms in total. The number of nitrogens with one attached hydrogen (secondary N) is 1. The van der Waals surface area contributed by atoms with E-state index in [2.05, 4.69) is 5.32 Å². The number of amides is 1. The fourth-order valence-corrected chi connectivity index (χ4v) is 3.11. The molecule has 1 unspecified atom stereocenters. The second-order valence-corrected chi connectivity index (χ2v) is 7.25. The predicted molar refractivity (Wildman–Crippen MR) is 117 cm³/mol. The number of alkyl halides is 3. The molecule has 10 heteroatoms. The number of anilines is 2. The molecule has 172 valence electrons. The third-order valence-electron chi connectivity index (χ3n) is 4.56. The van der Waals surface area contributed by atoms with E-state index >= 15 is 0 Å². The van der Waals surface area contributed by atoms with E-state index in [1.165, 1.54) is 37.4 Å². The molecule has 0 aliphatic rings. The Morgan fingerprint density at radius 2 is 1.73 bits per heavy atom. The number of halogens is 4. The average Bonchev–Trinajstić information content (AvgIpc) is 2.78. The molecule has 0 saturated heterocycles. The number of hydrogen-bond acceptors (Lipinski definition) is 5. The van der Waals surface area contributed by atoms with Gasteiger partial charge in [-0.15, -0.1) is 0 Å². The van der Waals surface area contributed by atoms with Crippen LogP contribution in [0.4, 0.5) is 24.5 Å². The Morgan fingerprint density at radius 1 is 1.03 bits per heavy atom. The van der Waals surface area contributed by atoms with E-state index in [0.717, 1.165) is 18.2 Å². The van der Waals surface area contributed by atoms with Crippen LogP contribution in [0.25, 0.3) is 0 Å². The van der Waals surface area contributed by atoms with E-state index in [4.69, 9.17) is 26.8 Å². The first kappa shape index (κ1) is 23.9. The van der Waals surface area contributed by atoms with Gasteiger partial charge in [-0.1, -0.05) is 48.0 Å². The normalized spacial score (nSPS) is 12.0. The van der Waals surface area contributed by atoms with Crippen molar-refractivity contribution in [2.24, 2.45) is 0 Å². The summed E-state index contributed by atoms with van der Waals surface area (Å²) in [5.74, 6) is -1.72. The number of methoxy groups -OCH3 is 1. The fourth-order valence-electron chi connectivity index (χ4n) is 2.95. The fraction of sp³-hybridized carbons (Fsp3) is 0.130. The van der Waals surface area contributed by atoms with Crippen molar-refractivity contribution < 1.29 is 32.2 Å². The maximum Gasteiger partial charge on any atom is 0.416 e. The largest absolute Gasteiger partial charge is 0.496 e. The van der Waals surface area contributed by atoms with Crippen LogP contribution in [0.3, 0.4) is 0 Å². The van der Waals surface area contributed by atoms with Gasteiger partial charge >= 0.3 is 12.1 Å². The highest BCUT2D eigenvalue weighted by Gasteiger charge is 2.31. The van der Waals surface area contributed by atoms with Gasteiger partial charge in [-0.2, -0.15) is 13.2 Å². The number of nitrogen functional groups attached to an aromatic ring is 1. The van der Waals surface area contributed by atoms with Gasteiger partial charge in [0.1, 0.15) is 11.3 Å². The van der Waals surface area contributed by atoms with Gasteiger partial charge in [0, 0.05) is 17.3 Å². The van der Waals surface area contributed by atoms with Crippen molar-refractivity contribution in [2.75, 3.05) is 18.2 Å². The number of carbonyl (C=O) groups excluding carboxylic acids is 2. The molecule has 0 spiro atoms. The molecule has 0 heterocycles. The third kappa shape index (κ3) is 5.75. The molecule has 3 N–H and O–H groups in total. The lowest BCUT2D eigenvalue weighted by Gasteiger charge is -2.19. The summed E-state index contributed by atoms with van der Waals surface area (Å²) in [5, 5.41) is 2.44. The van der Waals surface area contributed by atoms with Crippen molar-refractivity contribution >= 4 is 34.9 Å². The zero-order valence-electron chi connectivity index (χ0n) is 17.2. The highest BCUT2D eigenvalue weighted by atomic mass is 35.5. The molecule has 0 bridgehead atoms. The summed E-state index contributed by atoms with van der Waals surface area (Å²) in [6, 6.07) is 14.7. The van der Waals surface area contributed by atoms with Gasteiger partial charge in [0.05, 0.1) is 23.4 Å². The minimum absolute atomic E-state index is 0.0759. The maximum absolute atomic E-state index is 13.0. The molecular formula is C23H18ClF3N2O4. The number of hydrogen-bond donors (Lipinski definition) is 2. The average molecular weight is 479 g/mol. The van der Waals surface area contributed by atoms with Crippen molar-refractivity contribution in [3.8, 4) is 5.75 Å². The van der Waals surface area contributed by atoms with E-state index in [1.54, 1.807) is 18.2 Å². The lowest BCUT2D eigenvalue weighted by molar-refractivity contribution is -0.137. The second-order valence-electron chi connectivity index (χ2n) is 6.84. The van der Waals surface area contributed by atoms with Crippen LogP contribution in [0.2, 0.25) is 5.02 Å². The first-order chi connectivity index (χ1) is 15.6. The van der Waals surface area contributed by atoms with Crippen LogP contribution in [-0.2, 0) is 15.7 Å². The molecular weight excluding hydrogens is 461 g/mol. The van der Waals surface area contributed by atoms with Gasteiger partial charge in [-0.25, -0.2) is 4.79 Å². The summed E-state index contributed by atoms with van der Waals surface area (Å²) in [4.78, 5) is 25.9. The molecule has 1 amide bonds. The second kappa shape index (κ2) is 9.83. The minimum Gasteiger partial charge on any atom is -0.496 e. The maximum atomic E-state index is 13.0. The van der Waals surface area contributed by atoms with Gasteiger partial charge in [0.25, 0.3) is 5.91 Å². The summed E-state index contributed by atoms with van der Waals surface area (Å²) in [5.41, 5.74) is 5.08. The summed E-state index contributed by atoms with van der Waals surface area (Å²) in [6.45, 7) is 0. The first-order valence-electron chi connectivity index (χ1n) is 9.47. The Morgan fingerprint density at radius 3 is 2.36 bits per heavy atom. The molecule has 3 rings (SSSR count). The van der Waals surface area contributed by atoms with Crippen LogP contribution in [0.5, 0.6) is 5.75 Å². The molecule has 33 heavy (non-hydrogen) atoms. The number of rotatable bonds is 6. The van der Waals surface area contributed by atoms with Gasteiger partial charge in [-0.05, 0) is 24.3 Å². The van der Waals surface area contributed by atoms with E-state index in [0.29, 0.717) is 5.56 Å². The van der Waals surface area contributed by atoms with Gasteiger partial charge in [0.2, 0.25) is 6.10 Å². The molecule has 3 aromatic rings. The van der Waals surface area contributed by atoms with Gasteiger partial charge in [0.15, 0.2) is 0 Å². The number of benzene rings is 3. The zero-order chi connectivity index (χ0) is 24.2. The molecule has 0 fully saturated rings. The van der Waals surface area contributed by atoms with Crippen LogP contribution >= 0.6 is 11.6 Å². The Kier molecular flexibility index (Phi) is 7.13. The molecule has 0 aliphatic heterocycles. The van der Waals surface area contributed by atoms with Crippen LogP contribution in [-0.4, -0.2) is 19.0 Å². The minimum atomic E-state index is -4.59. The molecule has 1 atom stereocenters. The van der Waals surface area contributed by atoms with Crippen molar-refractivity contribution in [1.82, 2.24) is 0 Å². The Hall–Kier alpha value is -3.72. The topological polar surface area (TPSA) is 90.7 Å². The summed E-state index contributed by atoms with van der Waals surface area (Å²) in [6.07, 6.45) is -6.06. The Bertz CT molecular complexity index is 1170. The Balaban J connectivity index is 1.91. The molecule has 0 aromatic heterocycles. The molecule has 0 radical (unpaired) electrons. The molecule has 0 saturated carbocycles. The van der Waals surface area contributed by atoms with Crippen LogP contribution in [0.1, 0.15) is 27.6 Å². The highest BCUT2D eigenvalue weighted by molar-refractivity contribution is 6.33. The number of nitrogens with two attached hydrogens (primary N) is 1. The SMILES string of the molecule is COc1cc(N)c(Cl)cc1C(=O)OC(C(=O)Nc1cccc(C(F)(F)F)c1)c1ccccc1. The van der Waals surface area contributed by atoms with Crippen molar-refractivity contribution in [3.05, 3.63) is 88.4 Å². The van der Waals surface area contributed by atoms with E-state index in [1.807, 2.05) is 0 Å². The van der Waals surface area contributed by atoms with Crippen LogP contribution < -0.4 is 15.8 Å². The summed E-state index contributed by atoms with van der Waals surface area (Å²) >= 11 is 6.00. The monoisotopic (exact) mass is 478 g/mol. The third-order valence-corrected chi connectivity index (χ3v) is 4.89. The van der Waals surface area contributed by atoms with Crippen molar-refractivity contribution in [2.45, 2.75) is 12.3 Å². The lowest BCUT2D eigenvalue weighted by atomic mass is 10.1. The molecule has 3 aromatic carbocycles. The summed E-state index contributed by atoms with van der Waals surface area (Å²) < 4.78 is 49.6. The van der Waals surface area contributed by atoms with E-state index in [-0.39, 0.29) is 27.7 Å². The van der Waals surface area contributed by atoms with Crippen LogP contribution in [0, 0.1) is 0 Å². The highest BCUT2D eigenvalue weighted by Crippen LogP contribution is 2.33. The Labute approximate surface area is 192 Å². The van der Waals surface area contributed by atoms with Crippen molar-refractivity contribution in [1.29, 1.82) is 0 Å². The van der Waals surface area contributed by atoms with Gasteiger partial charge in [-0.3, -0.25) is 4.79 Å². The first-order valence-corrected chi connectivity index (χ1v) is 9.85. The van der Waals surface area contributed by atoms with E-state index in [9.17, 15) is 22.8 Å². The number of carbonyl (C=O) groups is 2. The van der Waals surface area contributed by atoms with Crippen molar-refractivity contribution in [3.63, 3.8) is 0 Å². The lowest BCUT2D eigenvalue weighted by Crippen LogP contribution is -2.26. The van der Waals surface area contributed by atoms with Gasteiger partial charge < -0.3 is 20.5 Å². The predicted octanol–water partition coefficient (Wildman–Crippen LogP) is 5.49. The zero-order valence-corrected chi connectivity index (χ0v) is 17.9. The smallest absolute Gasteiger partial charge is 0.416 e. The summed E-state index contributed by atoms with van der Waals surface area (Å²) in [7, 11) is 1.31. The molecule has 0 aliphatic carbocycles. The van der Waals surface area contributed by atoms with Crippen LogP contribution in [0.15, 0.2) is 66.7 Å². The quantitative estimate of drug-likeness (QED) is 0.361.